The van der Waals surface area contributed by atoms with Gasteiger partial charge in [0.1, 0.15) is 0 Å². The van der Waals surface area contributed by atoms with Crippen LogP contribution in [-0.2, 0) is 0 Å². The van der Waals surface area contributed by atoms with Crippen LogP contribution >= 0.6 is 0 Å². The second-order valence-electron chi connectivity index (χ2n) is 2.64. The molecule has 13 heavy (non-hydrogen) atoms. The zero-order valence-electron chi connectivity index (χ0n) is 7.66. The van der Waals surface area contributed by atoms with Crippen molar-refractivity contribution >= 4 is 5.95 Å². The van der Waals surface area contributed by atoms with Crippen LogP contribution in [0.2, 0.25) is 0 Å². The van der Waals surface area contributed by atoms with Gasteiger partial charge < -0.3 is 10.5 Å². The van der Waals surface area contributed by atoms with E-state index in [1.807, 2.05) is 6.92 Å². The molecule has 1 aromatic heterocycles. The lowest BCUT2D eigenvalue weighted by Crippen LogP contribution is -2.03. The molecule has 0 aromatic carbocycles. The van der Waals surface area contributed by atoms with Crippen molar-refractivity contribution in [3.63, 3.8) is 0 Å². The minimum atomic E-state index is 0.235. The fourth-order valence-electron chi connectivity index (χ4n) is 0.824. The molecule has 0 aliphatic heterocycles. The highest BCUT2D eigenvalue weighted by molar-refractivity contribution is 5.28. The van der Waals surface area contributed by atoms with Crippen molar-refractivity contribution in [2.24, 2.45) is 0 Å². The summed E-state index contributed by atoms with van der Waals surface area (Å²) in [6.45, 7) is 6.04. The summed E-state index contributed by atoms with van der Waals surface area (Å²) in [5.74, 6) is 0.786. The molecular weight excluding hydrogens is 166 g/mol. The van der Waals surface area contributed by atoms with Gasteiger partial charge in [0.2, 0.25) is 11.8 Å². The van der Waals surface area contributed by atoms with Crippen LogP contribution in [0.5, 0.6) is 5.88 Å². The van der Waals surface area contributed by atoms with Crippen molar-refractivity contribution in [3.8, 4) is 5.88 Å². The number of anilines is 1. The molecule has 0 atom stereocenters. The minimum absolute atomic E-state index is 0.235. The number of rotatable bonds is 4. The predicted octanol–water partition coefficient (Wildman–Crippen LogP) is 1.32. The predicted molar refractivity (Wildman–Crippen MR) is 51.5 cm³/mol. The van der Waals surface area contributed by atoms with E-state index in [-0.39, 0.29) is 5.95 Å². The van der Waals surface area contributed by atoms with Crippen LogP contribution in [0, 0.1) is 6.92 Å². The largest absolute Gasteiger partial charge is 0.477 e. The lowest BCUT2D eigenvalue weighted by molar-refractivity contribution is 0.310. The van der Waals surface area contributed by atoms with E-state index in [1.54, 1.807) is 12.3 Å². The topological polar surface area (TPSA) is 61.0 Å². The molecule has 0 radical (unpaired) electrons. The summed E-state index contributed by atoms with van der Waals surface area (Å²) in [7, 11) is 0. The molecule has 0 unspecified atom stereocenters. The summed E-state index contributed by atoms with van der Waals surface area (Å²) in [6.07, 6.45) is 4.23. The molecule has 4 nitrogen and oxygen atoms in total. The second kappa shape index (κ2) is 4.45. The first kappa shape index (κ1) is 9.51. The highest BCUT2D eigenvalue weighted by Gasteiger charge is 2.01. The Balaban J connectivity index is 2.64. The standard InChI is InChI=1S/C9H13N3O/c1-3-4-5-13-8-7(2)6-11-9(10)12-8/h3,6H,1,4-5H2,2H3,(H2,10,11,12). The first-order chi connectivity index (χ1) is 6.24. The third-order valence-electron chi connectivity index (χ3n) is 1.50. The SMILES string of the molecule is C=CCCOc1nc(N)ncc1C. The van der Waals surface area contributed by atoms with Crippen molar-refractivity contribution in [3.05, 3.63) is 24.4 Å². The first-order valence-corrected chi connectivity index (χ1v) is 4.07. The summed E-state index contributed by atoms with van der Waals surface area (Å²) in [6, 6.07) is 0. The van der Waals surface area contributed by atoms with Crippen LogP contribution in [0.25, 0.3) is 0 Å². The lowest BCUT2D eigenvalue weighted by atomic mass is 10.4. The molecule has 1 heterocycles. The zero-order chi connectivity index (χ0) is 9.68. The molecule has 0 saturated carbocycles. The monoisotopic (exact) mass is 179 g/mol. The Bertz CT molecular complexity index is 299. The van der Waals surface area contributed by atoms with E-state index >= 15 is 0 Å². The number of hydrogen-bond acceptors (Lipinski definition) is 4. The van der Waals surface area contributed by atoms with Gasteiger partial charge in [-0.1, -0.05) is 6.08 Å². The number of nitrogens with two attached hydrogens (primary N) is 1. The maximum absolute atomic E-state index is 5.41. The molecule has 0 saturated heterocycles. The number of hydrogen-bond donors (Lipinski definition) is 1. The number of aryl methyl sites for hydroxylation is 1. The van der Waals surface area contributed by atoms with Gasteiger partial charge in [-0.05, 0) is 13.3 Å². The Morgan fingerprint density at radius 1 is 1.69 bits per heavy atom. The summed E-state index contributed by atoms with van der Waals surface area (Å²) >= 11 is 0. The smallest absolute Gasteiger partial charge is 0.223 e. The van der Waals surface area contributed by atoms with E-state index < -0.39 is 0 Å². The maximum atomic E-state index is 5.41. The Labute approximate surface area is 77.5 Å². The third kappa shape index (κ3) is 2.74. The average Bonchev–Trinajstić information content (AvgIpc) is 2.11. The van der Waals surface area contributed by atoms with Gasteiger partial charge in [-0.2, -0.15) is 4.98 Å². The lowest BCUT2D eigenvalue weighted by Gasteiger charge is -2.05. The molecule has 0 amide bonds. The van der Waals surface area contributed by atoms with Crippen molar-refractivity contribution in [1.82, 2.24) is 9.97 Å². The Kier molecular flexibility index (Phi) is 3.25. The highest BCUT2D eigenvalue weighted by atomic mass is 16.5. The van der Waals surface area contributed by atoms with Crippen LogP contribution in [0.4, 0.5) is 5.95 Å². The molecule has 0 aliphatic rings. The Morgan fingerprint density at radius 3 is 3.15 bits per heavy atom. The van der Waals surface area contributed by atoms with Crippen LogP contribution in [0.3, 0.4) is 0 Å². The summed E-state index contributed by atoms with van der Waals surface area (Å²) in [5.41, 5.74) is 6.30. The van der Waals surface area contributed by atoms with Crippen molar-refractivity contribution in [1.29, 1.82) is 0 Å². The van der Waals surface area contributed by atoms with Gasteiger partial charge in [0.15, 0.2) is 0 Å². The molecule has 1 aromatic rings. The first-order valence-electron chi connectivity index (χ1n) is 4.07. The van der Waals surface area contributed by atoms with Crippen LogP contribution in [0.1, 0.15) is 12.0 Å². The zero-order valence-corrected chi connectivity index (χ0v) is 7.66. The van der Waals surface area contributed by atoms with Gasteiger partial charge in [-0.3, -0.25) is 0 Å². The highest BCUT2D eigenvalue weighted by Crippen LogP contribution is 2.13. The van der Waals surface area contributed by atoms with Gasteiger partial charge >= 0.3 is 0 Å². The maximum Gasteiger partial charge on any atom is 0.223 e. The van der Waals surface area contributed by atoms with Crippen LogP contribution < -0.4 is 10.5 Å². The quantitative estimate of drug-likeness (QED) is 0.559. The van der Waals surface area contributed by atoms with E-state index in [1.165, 1.54) is 0 Å². The second-order valence-corrected chi connectivity index (χ2v) is 2.64. The van der Waals surface area contributed by atoms with E-state index in [0.29, 0.717) is 12.5 Å². The third-order valence-corrected chi connectivity index (χ3v) is 1.50. The number of nitrogen functional groups attached to an aromatic ring is 1. The van der Waals surface area contributed by atoms with Gasteiger partial charge in [0.25, 0.3) is 0 Å². The number of aromatic nitrogens is 2. The van der Waals surface area contributed by atoms with E-state index in [4.69, 9.17) is 10.5 Å². The molecule has 0 fully saturated rings. The summed E-state index contributed by atoms with van der Waals surface area (Å²) in [4.78, 5) is 7.79. The van der Waals surface area contributed by atoms with Crippen LogP contribution in [-0.4, -0.2) is 16.6 Å². The van der Waals surface area contributed by atoms with Gasteiger partial charge in [0.05, 0.1) is 6.61 Å². The summed E-state index contributed by atoms with van der Waals surface area (Å²) in [5, 5.41) is 0. The molecular formula is C9H13N3O. The fraction of sp³-hybridized carbons (Fsp3) is 0.333. The average molecular weight is 179 g/mol. The molecule has 2 N–H and O–H groups in total. The minimum Gasteiger partial charge on any atom is -0.477 e. The molecule has 1 rings (SSSR count). The van der Waals surface area contributed by atoms with Gasteiger partial charge in [-0.25, -0.2) is 4.98 Å². The van der Waals surface area contributed by atoms with Gasteiger partial charge in [0, 0.05) is 11.8 Å². The normalized spacial score (nSPS) is 9.62. The van der Waals surface area contributed by atoms with Gasteiger partial charge in [-0.15, -0.1) is 6.58 Å². The molecule has 0 bridgehead atoms. The van der Waals surface area contributed by atoms with Crippen molar-refractivity contribution in [2.75, 3.05) is 12.3 Å². The Hall–Kier alpha value is -1.58. The molecule has 0 aliphatic carbocycles. The molecule has 0 spiro atoms. The molecule has 4 heteroatoms. The van der Waals surface area contributed by atoms with Crippen LogP contribution in [0.15, 0.2) is 18.9 Å². The van der Waals surface area contributed by atoms with Crippen molar-refractivity contribution in [2.45, 2.75) is 13.3 Å². The van der Waals surface area contributed by atoms with E-state index in [9.17, 15) is 0 Å². The van der Waals surface area contributed by atoms with E-state index in [2.05, 4.69) is 16.5 Å². The number of nitrogens with zero attached hydrogens (tertiary/aromatic N) is 2. The Morgan fingerprint density at radius 2 is 2.46 bits per heavy atom. The molecule has 70 valence electrons. The number of ether oxygens (including phenoxy) is 1. The van der Waals surface area contributed by atoms with Crippen molar-refractivity contribution < 1.29 is 4.74 Å². The van der Waals surface area contributed by atoms with E-state index in [0.717, 1.165) is 12.0 Å². The summed E-state index contributed by atoms with van der Waals surface area (Å²) < 4.78 is 5.36. The fourth-order valence-corrected chi connectivity index (χ4v) is 0.824.